The Bertz CT molecular complexity index is 418. The molecule has 112 valence electrons. The summed E-state index contributed by atoms with van der Waals surface area (Å²) in [5, 5.41) is 6.71. The first kappa shape index (κ1) is 16.5. The van der Waals surface area contributed by atoms with Crippen LogP contribution in [0, 0.1) is 0 Å². The van der Waals surface area contributed by atoms with Gasteiger partial charge in [-0.1, -0.05) is 31.2 Å². The van der Waals surface area contributed by atoms with Gasteiger partial charge in [0.1, 0.15) is 0 Å². The smallest absolute Gasteiger partial charge is 0.191 e. The number of guanidine groups is 1. The van der Waals surface area contributed by atoms with Crippen molar-refractivity contribution in [2.45, 2.75) is 46.4 Å². The Morgan fingerprint density at radius 3 is 2.55 bits per heavy atom. The molecule has 0 fully saturated rings. The van der Waals surface area contributed by atoms with Crippen LogP contribution in [0.15, 0.2) is 29.3 Å². The Morgan fingerprint density at radius 2 is 1.95 bits per heavy atom. The van der Waals surface area contributed by atoms with E-state index in [0.29, 0.717) is 12.6 Å². The largest absolute Gasteiger partial charge is 0.377 e. The van der Waals surface area contributed by atoms with E-state index < -0.39 is 0 Å². The lowest BCUT2D eigenvalue weighted by atomic mass is 10.1. The Kier molecular flexibility index (Phi) is 7.73. The molecule has 1 aromatic rings. The molecular formula is C16H27N3O. The lowest BCUT2D eigenvalue weighted by molar-refractivity contribution is 0.133. The summed E-state index contributed by atoms with van der Waals surface area (Å²) in [6.45, 7) is 8.46. The van der Waals surface area contributed by atoms with E-state index in [2.05, 4.69) is 47.7 Å². The molecule has 2 N–H and O–H groups in total. The normalized spacial score (nSPS) is 13.1. The SMILES string of the molecule is CCOCc1ccccc1CNC(=NC)NC(C)CC. The van der Waals surface area contributed by atoms with Crippen molar-refractivity contribution in [3.8, 4) is 0 Å². The van der Waals surface area contributed by atoms with Gasteiger partial charge in [0.25, 0.3) is 0 Å². The second-order valence-corrected chi connectivity index (χ2v) is 4.79. The second-order valence-electron chi connectivity index (χ2n) is 4.79. The Morgan fingerprint density at radius 1 is 1.25 bits per heavy atom. The molecule has 0 radical (unpaired) electrons. The van der Waals surface area contributed by atoms with E-state index in [1.54, 1.807) is 7.05 Å². The molecular weight excluding hydrogens is 250 g/mol. The van der Waals surface area contributed by atoms with Crippen molar-refractivity contribution in [3.63, 3.8) is 0 Å². The number of benzene rings is 1. The van der Waals surface area contributed by atoms with Crippen LogP contribution in [0.4, 0.5) is 0 Å². The molecule has 20 heavy (non-hydrogen) atoms. The van der Waals surface area contributed by atoms with Crippen LogP contribution < -0.4 is 10.6 Å². The van der Waals surface area contributed by atoms with Gasteiger partial charge in [-0.15, -0.1) is 0 Å². The number of nitrogens with one attached hydrogen (secondary N) is 2. The van der Waals surface area contributed by atoms with Crippen LogP contribution in [0.5, 0.6) is 0 Å². The van der Waals surface area contributed by atoms with Crippen LogP contribution in [-0.2, 0) is 17.9 Å². The number of ether oxygens (including phenoxy) is 1. The van der Waals surface area contributed by atoms with Gasteiger partial charge in [-0.25, -0.2) is 0 Å². The summed E-state index contributed by atoms with van der Waals surface area (Å²) in [5.74, 6) is 0.838. The van der Waals surface area contributed by atoms with Crippen LogP contribution in [-0.4, -0.2) is 25.7 Å². The molecule has 4 nitrogen and oxygen atoms in total. The van der Waals surface area contributed by atoms with Gasteiger partial charge >= 0.3 is 0 Å². The number of aliphatic imine (C=N–C) groups is 1. The maximum atomic E-state index is 5.50. The standard InChI is InChI=1S/C16H27N3O/c1-5-13(3)19-16(17-4)18-11-14-9-7-8-10-15(14)12-20-6-2/h7-10,13H,5-6,11-12H2,1-4H3,(H2,17,18,19). The van der Waals surface area contributed by atoms with Gasteiger partial charge in [-0.2, -0.15) is 0 Å². The van der Waals surface area contributed by atoms with Crippen molar-refractivity contribution in [3.05, 3.63) is 35.4 Å². The molecule has 0 bridgehead atoms. The van der Waals surface area contributed by atoms with Crippen LogP contribution in [0.2, 0.25) is 0 Å². The number of nitrogens with zero attached hydrogens (tertiary/aromatic N) is 1. The molecule has 1 aromatic carbocycles. The Hall–Kier alpha value is -1.55. The molecule has 1 unspecified atom stereocenters. The number of hydrogen-bond acceptors (Lipinski definition) is 2. The number of rotatable bonds is 7. The Labute approximate surface area is 122 Å². The molecule has 4 heteroatoms. The van der Waals surface area contributed by atoms with E-state index in [9.17, 15) is 0 Å². The average Bonchev–Trinajstić information content (AvgIpc) is 2.49. The summed E-state index contributed by atoms with van der Waals surface area (Å²) in [5.41, 5.74) is 2.47. The maximum Gasteiger partial charge on any atom is 0.191 e. The quantitative estimate of drug-likeness (QED) is 0.595. The summed E-state index contributed by atoms with van der Waals surface area (Å²) >= 11 is 0. The molecule has 1 atom stereocenters. The molecule has 0 aromatic heterocycles. The van der Waals surface area contributed by atoms with E-state index in [0.717, 1.165) is 25.5 Å². The van der Waals surface area contributed by atoms with E-state index >= 15 is 0 Å². The molecule has 0 saturated carbocycles. The van der Waals surface area contributed by atoms with E-state index in [-0.39, 0.29) is 0 Å². The Balaban J connectivity index is 2.59. The fraction of sp³-hybridized carbons (Fsp3) is 0.562. The van der Waals surface area contributed by atoms with Crippen LogP contribution in [0.1, 0.15) is 38.3 Å². The van der Waals surface area contributed by atoms with Gasteiger partial charge in [-0.05, 0) is 31.4 Å². The van der Waals surface area contributed by atoms with Crippen molar-refractivity contribution >= 4 is 5.96 Å². The fourth-order valence-corrected chi connectivity index (χ4v) is 1.79. The van der Waals surface area contributed by atoms with E-state index in [4.69, 9.17) is 4.74 Å². The highest BCUT2D eigenvalue weighted by atomic mass is 16.5. The summed E-state index contributed by atoms with van der Waals surface area (Å²) in [4.78, 5) is 4.25. The summed E-state index contributed by atoms with van der Waals surface area (Å²) in [7, 11) is 1.80. The first-order valence-electron chi connectivity index (χ1n) is 7.32. The van der Waals surface area contributed by atoms with E-state index in [1.165, 1.54) is 11.1 Å². The summed E-state index contributed by atoms with van der Waals surface area (Å²) in [6.07, 6.45) is 1.07. The summed E-state index contributed by atoms with van der Waals surface area (Å²) in [6, 6.07) is 8.75. The van der Waals surface area contributed by atoms with Crippen molar-refractivity contribution in [1.29, 1.82) is 0 Å². The van der Waals surface area contributed by atoms with Crippen LogP contribution in [0.3, 0.4) is 0 Å². The molecule has 0 aliphatic carbocycles. The third-order valence-electron chi connectivity index (χ3n) is 3.25. The topological polar surface area (TPSA) is 45.6 Å². The minimum Gasteiger partial charge on any atom is -0.377 e. The van der Waals surface area contributed by atoms with Gasteiger partial charge in [0.15, 0.2) is 5.96 Å². The molecule has 1 rings (SSSR count). The lowest BCUT2D eigenvalue weighted by Gasteiger charge is -2.17. The second kappa shape index (κ2) is 9.37. The van der Waals surface area contributed by atoms with E-state index in [1.807, 2.05) is 13.0 Å². The minimum absolute atomic E-state index is 0.417. The zero-order chi connectivity index (χ0) is 14.8. The number of hydrogen-bond donors (Lipinski definition) is 2. The van der Waals surface area contributed by atoms with Gasteiger partial charge in [0.2, 0.25) is 0 Å². The van der Waals surface area contributed by atoms with Gasteiger partial charge in [0.05, 0.1) is 6.61 Å². The molecule has 0 heterocycles. The van der Waals surface area contributed by atoms with Crippen LogP contribution in [0.25, 0.3) is 0 Å². The van der Waals surface area contributed by atoms with Gasteiger partial charge in [-0.3, -0.25) is 4.99 Å². The predicted octanol–water partition coefficient (Wildman–Crippen LogP) is 2.69. The predicted molar refractivity (Wildman–Crippen MR) is 84.9 cm³/mol. The highest BCUT2D eigenvalue weighted by molar-refractivity contribution is 5.79. The first-order valence-corrected chi connectivity index (χ1v) is 7.32. The summed E-state index contributed by atoms with van der Waals surface area (Å²) < 4.78 is 5.50. The zero-order valence-electron chi connectivity index (χ0n) is 13.1. The lowest BCUT2D eigenvalue weighted by Crippen LogP contribution is -2.41. The monoisotopic (exact) mass is 277 g/mol. The van der Waals surface area contributed by atoms with Crippen molar-refractivity contribution in [1.82, 2.24) is 10.6 Å². The highest BCUT2D eigenvalue weighted by Crippen LogP contribution is 2.09. The molecule has 0 aliphatic rings. The first-order chi connectivity index (χ1) is 9.71. The minimum atomic E-state index is 0.417. The molecule has 0 spiro atoms. The van der Waals surface area contributed by atoms with Gasteiger partial charge in [0, 0.05) is 26.2 Å². The third kappa shape index (κ3) is 5.61. The van der Waals surface area contributed by atoms with Crippen molar-refractivity contribution in [2.75, 3.05) is 13.7 Å². The van der Waals surface area contributed by atoms with Crippen molar-refractivity contribution < 1.29 is 4.74 Å². The maximum absolute atomic E-state index is 5.50. The molecule has 0 amide bonds. The third-order valence-corrected chi connectivity index (χ3v) is 3.25. The molecule has 0 saturated heterocycles. The molecule has 0 aliphatic heterocycles. The van der Waals surface area contributed by atoms with Gasteiger partial charge < -0.3 is 15.4 Å². The average molecular weight is 277 g/mol. The zero-order valence-corrected chi connectivity index (χ0v) is 13.1. The van der Waals surface area contributed by atoms with Crippen molar-refractivity contribution in [2.24, 2.45) is 4.99 Å². The van der Waals surface area contributed by atoms with Crippen LogP contribution >= 0.6 is 0 Å². The highest BCUT2D eigenvalue weighted by Gasteiger charge is 2.05. The fourth-order valence-electron chi connectivity index (χ4n) is 1.79.